The lowest BCUT2D eigenvalue weighted by atomic mass is 9.88. The van der Waals surface area contributed by atoms with Gasteiger partial charge in [0.2, 0.25) is 9.84 Å². The van der Waals surface area contributed by atoms with Crippen molar-refractivity contribution in [2.75, 3.05) is 13.1 Å². The fraction of sp³-hybridized carbons (Fsp3) is 0.238. The second kappa shape index (κ2) is 7.76. The highest BCUT2D eigenvalue weighted by Crippen LogP contribution is 2.33. The lowest BCUT2D eigenvalue weighted by Gasteiger charge is -2.30. The third kappa shape index (κ3) is 3.86. The molecular weight excluding hydrogens is 456 g/mol. The van der Waals surface area contributed by atoms with Gasteiger partial charge in [0.05, 0.1) is 15.3 Å². The van der Waals surface area contributed by atoms with E-state index in [2.05, 4.69) is 20.9 Å². The number of sulfone groups is 1. The molecule has 8 heteroatoms. The molecule has 3 aromatic rings. The average molecular weight is 475 g/mol. The molecule has 0 bridgehead atoms. The largest absolute Gasteiger partial charge is 0.465 e. The maximum atomic E-state index is 13.0. The van der Waals surface area contributed by atoms with Crippen LogP contribution in [0.25, 0.3) is 10.9 Å². The normalized spacial score (nSPS) is 15.6. The molecule has 1 aromatic heterocycles. The SMILES string of the molecule is O=C(O)N1CCC(c2cccc3cc(S(=O)(=O)c4cccc(Br)c4)cnc23)CC1. The van der Waals surface area contributed by atoms with Gasteiger partial charge in [0.15, 0.2) is 0 Å². The molecule has 1 aliphatic heterocycles. The molecule has 2 aromatic carbocycles. The fourth-order valence-electron chi connectivity index (χ4n) is 3.79. The highest BCUT2D eigenvalue weighted by atomic mass is 79.9. The maximum absolute atomic E-state index is 13.0. The number of aromatic nitrogens is 1. The van der Waals surface area contributed by atoms with Gasteiger partial charge in [-0.05, 0) is 48.6 Å². The molecule has 1 N–H and O–H groups in total. The van der Waals surface area contributed by atoms with Gasteiger partial charge in [0.25, 0.3) is 0 Å². The van der Waals surface area contributed by atoms with Crippen molar-refractivity contribution in [3.63, 3.8) is 0 Å². The van der Waals surface area contributed by atoms with E-state index in [9.17, 15) is 13.2 Å². The van der Waals surface area contributed by atoms with Gasteiger partial charge in [-0.25, -0.2) is 13.2 Å². The Morgan fingerprint density at radius 1 is 1.07 bits per heavy atom. The minimum absolute atomic E-state index is 0.154. The summed E-state index contributed by atoms with van der Waals surface area (Å²) < 4.78 is 26.7. The molecule has 0 spiro atoms. The van der Waals surface area contributed by atoms with Gasteiger partial charge in [-0.2, -0.15) is 0 Å². The molecule has 0 radical (unpaired) electrons. The van der Waals surface area contributed by atoms with Crippen LogP contribution in [0.4, 0.5) is 4.79 Å². The van der Waals surface area contributed by atoms with E-state index in [0.29, 0.717) is 17.6 Å². The molecule has 150 valence electrons. The van der Waals surface area contributed by atoms with Crippen molar-refractivity contribution in [1.82, 2.24) is 9.88 Å². The van der Waals surface area contributed by atoms with Crippen molar-refractivity contribution in [3.05, 3.63) is 64.8 Å². The number of pyridine rings is 1. The Morgan fingerprint density at radius 3 is 2.48 bits per heavy atom. The van der Waals surface area contributed by atoms with E-state index in [0.717, 1.165) is 29.3 Å². The Morgan fingerprint density at radius 2 is 1.79 bits per heavy atom. The number of fused-ring (bicyclic) bond motifs is 1. The van der Waals surface area contributed by atoms with Gasteiger partial charge >= 0.3 is 6.09 Å². The molecule has 0 unspecified atom stereocenters. The fourth-order valence-corrected chi connectivity index (χ4v) is 5.63. The van der Waals surface area contributed by atoms with Crippen molar-refractivity contribution in [1.29, 1.82) is 0 Å². The van der Waals surface area contributed by atoms with Crippen LogP contribution >= 0.6 is 15.9 Å². The van der Waals surface area contributed by atoms with Crippen LogP contribution < -0.4 is 0 Å². The number of hydrogen-bond donors (Lipinski definition) is 1. The monoisotopic (exact) mass is 474 g/mol. The molecular formula is C21H19BrN2O4S. The Kier molecular flexibility index (Phi) is 5.31. The zero-order valence-electron chi connectivity index (χ0n) is 15.5. The van der Waals surface area contributed by atoms with E-state index in [1.165, 1.54) is 11.1 Å². The van der Waals surface area contributed by atoms with Gasteiger partial charge in [-0.1, -0.05) is 40.2 Å². The summed E-state index contributed by atoms with van der Waals surface area (Å²) in [5, 5.41) is 9.90. The summed E-state index contributed by atoms with van der Waals surface area (Å²) in [5.74, 6) is 0.203. The maximum Gasteiger partial charge on any atom is 0.407 e. The first-order chi connectivity index (χ1) is 13.9. The quantitative estimate of drug-likeness (QED) is 0.594. The van der Waals surface area contributed by atoms with Gasteiger partial charge in [0, 0.05) is 29.1 Å². The number of rotatable bonds is 3. The summed E-state index contributed by atoms with van der Waals surface area (Å²) in [6.07, 6.45) is 1.98. The van der Waals surface area contributed by atoms with E-state index in [-0.39, 0.29) is 15.7 Å². The lowest BCUT2D eigenvalue weighted by Crippen LogP contribution is -2.36. The van der Waals surface area contributed by atoms with Crippen molar-refractivity contribution < 1.29 is 18.3 Å². The van der Waals surface area contributed by atoms with E-state index in [1.807, 2.05) is 18.2 Å². The van der Waals surface area contributed by atoms with Gasteiger partial charge in [0.1, 0.15) is 0 Å². The number of piperidine rings is 1. The molecule has 6 nitrogen and oxygen atoms in total. The molecule has 1 fully saturated rings. The third-order valence-electron chi connectivity index (χ3n) is 5.34. The Balaban J connectivity index is 1.69. The van der Waals surface area contributed by atoms with Crippen LogP contribution in [0.15, 0.2) is 69.0 Å². The van der Waals surface area contributed by atoms with Crippen LogP contribution in [0.3, 0.4) is 0 Å². The smallest absolute Gasteiger partial charge is 0.407 e. The lowest BCUT2D eigenvalue weighted by molar-refractivity contribution is 0.132. The second-order valence-electron chi connectivity index (χ2n) is 7.09. The van der Waals surface area contributed by atoms with Crippen LogP contribution in [-0.4, -0.2) is 42.6 Å². The van der Waals surface area contributed by atoms with Crippen molar-refractivity contribution in [3.8, 4) is 0 Å². The molecule has 2 heterocycles. The standard InChI is InChI=1S/C21H19BrN2O4S/c22-16-4-2-5-17(12-16)29(27,28)18-11-15-3-1-6-19(20(15)23-13-18)14-7-9-24(10-8-14)21(25)26/h1-6,11-14H,7-10H2,(H,25,26). The van der Waals surface area contributed by atoms with E-state index < -0.39 is 15.9 Å². The molecule has 4 rings (SSSR count). The van der Waals surface area contributed by atoms with Crippen molar-refractivity contribution in [2.45, 2.75) is 28.6 Å². The highest BCUT2D eigenvalue weighted by molar-refractivity contribution is 9.10. The number of carbonyl (C=O) groups is 1. The topological polar surface area (TPSA) is 87.6 Å². The summed E-state index contributed by atoms with van der Waals surface area (Å²) in [7, 11) is -3.67. The number of amides is 1. The first kappa shape index (κ1) is 19.8. The first-order valence-corrected chi connectivity index (χ1v) is 11.5. The van der Waals surface area contributed by atoms with E-state index >= 15 is 0 Å². The van der Waals surface area contributed by atoms with Gasteiger partial charge < -0.3 is 10.0 Å². The minimum atomic E-state index is -3.67. The molecule has 0 atom stereocenters. The highest BCUT2D eigenvalue weighted by Gasteiger charge is 2.25. The van der Waals surface area contributed by atoms with Gasteiger partial charge in [-0.15, -0.1) is 0 Å². The zero-order valence-corrected chi connectivity index (χ0v) is 17.9. The average Bonchev–Trinajstić information content (AvgIpc) is 2.73. The van der Waals surface area contributed by atoms with E-state index in [4.69, 9.17) is 5.11 Å². The van der Waals surface area contributed by atoms with Gasteiger partial charge in [-0.3, -0.25) is 4.98 Å². The predicted octanol–water partition coefficient (Wildman–Crippen LogP) is 4.69. The number of carboxylic acid groups (broad SMARTS) is 1. The summed E-state index contributed by atoms with van der Waals surface area (Å²) in [4.78, 5) is 17.4. The summed E-state index contributed by atoms with van der Waals surface area (Å²) in [6.45, 7) is 0.984. The number of hydrogen-bond acceptors (Lipinski definition) is 4. The molecule has 0 saturated carbocycles. The van der Waals surface area contributed by atoms with E-state index in [1.54, 1.807) is 30.3 Å². The van der Waals surface area contributed by atoms with Crippen LogP contribution in [0.1, 0.15) is 24.3 Å². The van der Waals surface area contributed by atoms with Crippen LogP contribution in [0.2, 0.25) is 0 Å². The first-order valence-electron chi connectivity index (χ1n) is 9.23. The van der Waals surface area contributed by atoms with Crippen molar-refractivity contribution in [2.24, 2.45) is 0 Å². The summed E-state index contributed by atoms with van der Waals surface area (Å²) in [6, 6.07) is 14.0. The van der Waals surface area contributed by atoms with Crippen LogP contribution in [-0.2, 0) is 9.84 Å². The zero-order chi connectivity index (χ0) is 20.6. The Labute approximate surface area is 177 Å². The Bertz CT molecular complexity index is 1190. The summed E-state index contributed by atoms with van der Waals surface area (Å²) in [5.41, 5.74) is 1.81. The third-order valence-corrected chi connectivity index (χ3v) is 7.55. The second-order valence-corrected chi connectivity index (χ2v) is 9.96. The molecule has 0 aliphatic carbocycles. The number of para-hydroxylation sites is 1. The summed E-state index contributed by atoms with van der Waals surface area (Å²) >= 11 is 3.31. The molecule has 1 amide bonds. The number of nitrogens with zero attached hydrogens (tertiary/aromatic N) is 2. The molecule has 29 heavy (non-hydrogen) atoms. The van der Waals surface area contributed by atoms with Crippen LogP contribution in [0, 0.1) is 0 Å². The molecule has 1 aliphatic rings. The van der Waals surface area contributed by atoms with Crippen molar-refractivity contribution >= 4 is 42.8 Å². The number of halogens is 1. The predicted molar refractivity (Wildman–Crippen MR) is 113 cm³/mol. The van der Waals surface area contributed by atoms with Crippen LogP contribution in [0.5, 0.6) is 0 Å². The molecule has 1 saturated heterocycles. The number of benzene rings is 2. The Hall–Kier alpha value is -2.45. The minimum Gasteiger partial charge on any atom is -0.465 e. The number of likely N-dealkylation sites (tertiary alicyclic amines) is 1.